The van der Waals surface area contributed by atoms with Crippen molar-refractivity contribution in [2.75, 3.05) is 17.8 Å². The number of carbonyl (C=O) groups is 2. The van der Waals surface area contributed by atoms with Crippen molar-refractivity contribution in [2.24, 2.45) is 0 Å². The van der Waals surface area contributed by atoms with Crippen LogP contribution < -0.4 is 4.90 Å². The van der Waals surface area contributed by atoms with Gasteiger partial charge >= 0.3 is 5.97 Å². The Morgan fingerprint density at radius 3 is 2.50 bits per heavy atom. The summed E-state index contributed by atoms with van der Waals surface area (Å²) in [6, 6.07) is 13.4. The number of ether oxygens (including phenoxy) is 1. The van der Waals surface area contributed by atoms with Crippen LogP contribution in [0.15, 0.2) is 53.4 Å². The molecule has 3 rings (SSSR count). The number of sulfone groups is 1. The molecule has 0 saturated heterocycles. The van der Waals surface area contributed by atoms with Crippen molar-refractivity contribution in [1.29, 1.82) is 0 Å². The first kappa shape index (κ1) is 18.1. The number of carbonyl (C=O) groups excluding carboxylic acids is 2. The number of fused-ring (bicyclic) bond motifs is 1. The molecule has 1 heterocycles. The Bertz CT molecular complexity index is 967. The summed E-state index contributed by atoms with van der Waals surface area (Å²) >= 11 is 0. The monoisotopic (exact) mass is 373 g/mol. The van der Waals surface area contributed by atoms with Gasteiger partial charge in [0, 0.05) is 18.0 Å². The van der Waals surface area contributed by atoms with Crippen molar-refractivity contribution in [3.8, 4) is 0 Å². The summed E-state index contributed by atoms with van der Waals surface area (Å²) in [5.41, 5.74) is 1.82. The molecule has 0 aliphatic carbocycles. The van der Waals surface area contributed by atoms with E-state index in [9.17, 15) is 18.0 Å². The largest absolute Gasteiger partial charge is 0.452 e. The molecule has 0 fully saturated rings. The number of benzene rings is 2. The van der Waals surface area contributed by atoms with E-state index in [0.717, 1.165) is 23.9 Å². The average molecular weight is 373 g/mol. The SMILES string of the molecule is C[C@H]1Cc2ccccc2N1C(=O)COC(=O)c1ccccc1S(C)(=O)=O. The first-order chi connectivity index (χ1) is 12.3. The third-order valence-electron chi connectivity index (χ3n) is 4.31. The van der Waals surface area contributed by atoms with E-state index in [2.05, 4.69) is 0 Å². The van der Waals surface area contributed by atoms with Gasteiger partial charge in [0.1, 0.15) is 0 Å². The second-order valence-electron chi connectivity index (χ2n) is 6.29. The van der Waals surface area contributed by atoms with Crippen LogP contribution in [0.1, 0.15) is 22.8 Å². The van der Waals surface area contributed by atoms with Gasteiger partial charge in [-0.3, -0.25) is 4.79 Å². The van der Waals surface area contributed by atoms with Crippen molar-refractivity contribution in [3.05, 3.63) is 59.7 Å². The molecule has 0 N–H and O–H groups in total. The van der Waals surface area contributed by atoms with Crippen molar-refractivity contribution >= 4 is 27.4 Å². The van der Waals surface area contributed by atoms with Gasteiger partial charge < -0.3 is 9.64 Å². The molecule has 0 spiro atoms. The van der Waals surface area contributed by atoms with E-state index < -0.39 is 22.4 Å². The maximum Gasteiger partial charge on any atom is 0.339 e. The van der Waals surface area contributed by atoms with Gasteiger partial charge in [0.2, 0.25) is 0 Å². The zero-order valence-electron chi connectivity index (χ0n) is 14.5. The quantitative estimate of drug-likeness (QED) is 0.768. The predicted octanol–water partition coefficient (Wildman–Crippen LogP) is 2.22. The minimum atomic E-state index is -3.58. The number of amides is 1. The van der Waals surface area contributed by atoms with Crippen LogP contribution >= 0.6 is 0 Å². The topological polar surface area (TPSA) is 80.8 Å². The fourth-order valence-electron chi connectivity index (χ4n) is 3.18. The van der Waals surface area contributed by atoms with E-state index in [-0.39, 0.29) is 22.4 Å². The molecule has 2 aromatic rings. The Hall–Kier alpha value is -2.67. The van der Waals surface area contributed by atoms with E-state index in [1.54, 1.807) is 11.0 Å². The van der Waals surface area contributed by atoms with Gasteiger partial charge in [0.15, 0.2) is 16.4 Å². The lowest BCUT2D eigenvalue weighted by atomic mass is 10.1. The lowest BCUT2D eigenvalue weighted by Gasteiger charge is -2.22. The van der Waals surface area contributed by atoms with Crippen LogP contribution in [-0.2, 0) is 25.8 Å². The number of hydrogen-bond acceptors (Lipinski definition) is 5. The highest BCUT2D eigenvalue weighted by Crippen LogP contribution is 2.31. The number of anilines is 1. The highest BCUT2D eigenvalue weighted by Gasteiger charge is 2.31. The summed E-state index contributed by atoms with van der Waals surface area (Å²) in [7, 11) is -3.58. The van der Waals surface area contributed by atoms with E-state index in [1.165, 1.54) is 18.2 Å². The molecule has 1 amide bonds. The Balaban J connectivity index is 1.74. The molecule has 0 bridgehead atoms. The average Bonchev–Trinajstić information content (AvgIpc) is 2.94. The molecule has 1 aliphatic rings. The standard InChI is InChI=1S/C19H19NO5S/c1-13-11-14-7-3-5-9-16(14)20(13)18(21)12-25-19(22)15-8-4-6-10-17(15)26(2,23)24/h3-10,13H,11-12H2,1-2H3/t13-/m0/s1. The van der Waals surface area contributed by atoms with Crippen LogP contribution in [-0.4, -0.2) is 39.2 Å². The molecule has 1 atom stereocenters. The van der Waals surface area contributed by atoms with Gasteiger partial charge in [-0.25, -0.2) is 13.2 Å². The molecular formula is C19H19NO5S. The second kappa shape index (κ2) is 6.92. The summed E-state index contributed by atoms with van der Waals surface area (Å²) < 4.78 is 28.7. The van der Waals surface area contributed by atoms with Crippen LogP contribution in [0, 0.1) is 0 Å². The molecule has 1 aliphatic heterocycles. The molecule has 136 valence electrons. The Labute approximate surface area is 152 Å². The van der Waals surface area contributed by atoms with Crippen molar-refractivity contribution in [2.45, 2.75) is 24.3 Å². The summed E-state index contributed by atoms with van der Waals surface area (Å²) in [5.74, 6) is -1.17. The molecule has 0 unspecified atom stereocenters. The van der Waals surface area contributed by atoms with Gasteiger partial charge in [0.25, 0.3) is 5.91 Å². The first-order valence-electron chi connectivity index (χ1n) is 8.15. The van der Waals surface area contributed by atoms with Crippen LogP contribution in [0.25, 0.3) is 0 Å². The molecule has 0 saturated carbocycles. The fraction of sp³-hybridized carbons (Fsp3) is 0.263. The highest BCUT2D eigenvalue weighted by molar-refractivity contribution is 7.90. The third kappa shape index (κ3) is 3.48. The van der Waals surface area contributed by atoms with Crippen molar-refractivity contribution in [3.63, 3.8) is 0 Å². The van der Waals surface area contributed by atoms with E-state index >= 15 is 0 Å². The lowest BCUT2D eigenvalue weighted by molar-refractivity contribution is -0.122. The van der Waals surface area contributed by atoms with E-state index in [4.69, 9.17) is 4.74 Å². The number of nitrogens with zero attached hydrogens (tertiary/aromatic N) is 1. The number of esters is 1. The van der Waals surface area contributed by atoms with Gasteiger partial charge in [-0.1, -0.05) is 30.3 Å². The van der Waals surface area contributed by atoms with Crippen LogP contribution in [0.4, 0.5) is 5.69 Å². The molecule has 2 aromatic carbocycles. The maximum absolute atomic E-state index is 12.6. The van der Waals surface area contributed by atoms with Crippen LogP contribution in [0.5, 0.6) is 0 Å². The second-order valence-corrected chi connectivity index (χ2v) is 8.27. The summed E-state index contributed by atoms with van der Waals surface area (Å²) in [6.45, 7) is 1.48. The van der Waals surface area contributed by atoms with Gasteiger partial charge in [-0.05, 0) is 37.1 Å². The molecule has 7 heteroatoms. The predicted molar refractivity (Wildman–Crippen MR) is 96.9 cm³/mol. The Morgan fingerprint density at radius 2 is 1.77 bits per heavy atom. The molecule has 0 aromatic heterocycles. The van der Waals surface area contributed by atoms with Crippen LogP contribution in [0.3, 0.4) is 0 Å². The molecule has 6 nitrogen and oxygen atoms in total. The highest BCUT2D eigenvalue weighted by atomic mass is 32.2. The van der Waals surface area contributed by atoms with E-state index in [0.29, 0.717) is 0 Å². The lowest BCUT2D eigenvalue weighted by Crippen LogP contribution is -2.38. The van der Waals surface area contributed by atoms with Crippen molar-refractivity contribution < 1.29 is 22.7 Å². The smallest absolute Gasteiger partial charge is 0.339 e. The zero-order chi connectivity index (χ0) is 18.9. The van der Waals surface area contributed by atoms with Crippen LogP contribution in [0.2, 0.25) is 0 Å². The zero-order valence-corrected chi connectivity index (χ0v) is 15.3. The normalized spacial score (nSPS) is 16.2. The summed E-state index contributed by atoms with van der Waals surface area (Å²) in [5, 5.41) is 0. The fourth-order valence-corrected chi connectivity index (χ4v) is 4.06. The summed E-state index contributed by atoms with van der Waals surface area (Å²) in [4.78, 5) is 26.4. The van der Waals surface area contributed by atoms with Gasteiger partial charge in [0.05, 0.1) is 10.5 Å². The Morgan fingerprint density at radius 1 is 1.12 bits per heavy atom. The first-order valence-corrected chi connectivity index (χ1v) is 10.0. The maximum atomic E-state index is 12.6. The van der Waals surface area contributed by atoms with Gasteiger partial charge in [-0.2, -0.15) is 0 Å². The minimum Gasteiger partial charge on any atom is -0.452 e. The van der Waals surface area contributed by atoms with Gasteiger partial charge in [-0.15, -0.1) is 0 Å². The molecule has 0 radical (unpaired) electrons. The molecule has 26 heavy (non-hydrogen) atoms. The van der Waals surface area contributed by atoms with E-state index in [1.807, 2.05) is 31.2 Å². The summed E-state index contributed by atoms with van der Waals surface area (Å²) in [6.07, 6.45) is 1.76. The number of hydrogen-bond donors (Lipinski definition) is 0. The third-order valence-corrected chi connectivity index (χ3v) is 5.46. The molecular weight excluding hydrogens is 354 g/mol. The Kier molecular flexibility index (Phi) is 4.82. The number of para-hydroxylation sites is 1. The number of rotatable bonds is 4. The minimum absolute atomic E-state index is 0.0260. The van der Waals surface area contributed by atoms with Crippen molar-refractivity contribution in [1.82, 2.24) is 0 Å².